The highest BCUT2D eigenvalue weighted by molar-refractivity contribution is 9.10. The Morgan fingerprint density at radius 1 is 1.43 bits per heavy atom. The highest BCUT2D eigenvalue weighted by Gasteiger charge is 2.23. The monoisotopic (exact) mass is 416 g/mol. The highest BCUT2D eigenvalue weighted by atomic mass is 79.9. The molecule has 2 amide bonds. The summed E-state index contributed by atoms with van der Waals surface area (Å²) in [5, 5.41) is 2.77. The van der Waals surface area contributed by atoms with Gasteiger partial charge in [-0.2, -0.15) is 0 Å². The molecule has 10 heteroatoms. The molecule has 0 unspecified atom stereocenters. The minimum absolute atomic E-state index is 0.0190. The SMILES string of the molecule is O=C1NCCN1CCOc1c(Cl)cc(Br)cc1S(=O)(=O)Cl. The van der Waals surface area contributed by atoms with E-state index in [-0.39, 0.29) is 28.3 Å². The summed E-state index contributed by atoms with van der Waals surface area (Å²) < 4.78 is 29.0. The van der Waals surface area contributed by atoms with Gasteiger partial charge in [0.25, 0.3) is 9.05 Å². The molecule has 0 aromatic heterocycles. The number of halogens is 3. The molecule has 1 fully saturated rings. The molecule has 21 heavy (non-hydrogen) atoms. The molecule has 2 rings (SSSR count). The number of rotatable bonds is 5. The zero-order chi connectivity index (χ0) is 15.6. The van der Waals surface area contributed by atoms with Gasteiger partial charge in [0.15, 0.2) is 5.75 Å². The Hall–Kier alpha value is -0.700. The van der Waals surface area contributed by atoms with Crippen LogP contribution in [-0.2, 0) is 9.05 Å². The molecule has 0 aliphatic carbocycles. The number of nitrogens with one attached hydrogen (secondary N) is 1. The predicted octanol–water partition coefficient (Wildman–Crippen LogP) is 2.43. The molecule has 0 radical (unpaired) electrons. The summed E-state index contributed by atoms with van der Waals surface area (Å²) in [6, 6.07) is 2.64. The van der Waals surface area contributed by atoms with Crippen molar-refractivity contribution in [3.05, 3.63) is 21.6 Å². The first-order valence-electron chi connectivity index (χ1n) is 5.88. The third-order valence-corrected chi connectivity index (χ3v) is 4.86. The Kier molecular flexibility index (Phi) is 5.24. The number of hydrogen-bond donors (Lipinski definition) is 1. The van der Waals surface area contributed by atoms with Gasteiger partial charge in [0.05, 0.1) is 11.6 Å². The second-order valence-corrected chi connectivity index (χ2v) is 8.08. The number of nitrogens with zero attached hydrogens (tertiary/aromatic N) is 1. The fourth-order valence-corrected chi connectivity index (χ4v) is 3.91. The van der Waals surface area contributed by atoms with Crippen molar-refractivity contribution < 1.29 is 17.9 Å². The van der Waals surface area contributed by atoms with Crippen molar-refractivity contribution in [2.75, 3.05) is 26.2 Å². The van der Waals surface area contributed by atoms with Gasteiger partial charge in [0.2, 0.25) is 0 Å². The summed E-state index contributed by atoms with van der Waals surface area (Å²) in [4.78, 5) is 12.7. The molecule has 1 aliphatic heterocycles. The van der Waals surface area contributed by atoms with Crippen molar-refractivity contribution in [2.24, 2.45) is 0 Å². The Morgan fingerprint density at radius 2 is 2.14 bits per heavy atom. The standard InChI is InChI=1S/C11H11BrCl2N2O4S/c12-7-5-8(13)10(9(6-7)21(14,18)19)20-4-3-16-2-1-15-11(16)17/h5-6H,1-4H2,(H,15,17). The van der Waals surface area contributed by atoms with Crippen molar-refractivity contribution in [1.29, 1.82) is 0 Å². The zero-order valence-electron chi connectivity index (χ0n) is 10.6. The third-order valence-electron chi connectivity index (χ3n) is 2.79. The summed E-state index contributed by atoms with van der Waals surface area (Å²) in [5.74, 6) is -0.0190. The fourth-order valence-electron chi connectivity index (χ4n) is 1.84. The van der Waals surface area contributed by atoms with Crippen molar-refractivity contribution in [1.82, 2.24) is 10.2 Å². The smallest absolute Gasteiger partial charge is 0.317 e. The van der Waals surface area contributed by atoms with E-state index in [1.54, 1.807) is 4.90 Å². The maximum atomic E-state index is 11.6. The lowest BCUT2D eigenvalue weighted by Gasteiger charge is -2.16. The average Bonchev–Trinajstić information content (AvgIpc) is 2.76. The van der Waals surface area contributed by atoms with Crippen LogP contribution in [0.2, 0.25) is 5.02 Å². The van der Waals surface area contributed by atoms with Crippen molar-refractivity contribution in [3.63, 3.8) is 0 Å². The molecular weight excluding hydrogens is 407 g/mol. The molecule has 1 heterocycles. The summed E-state index contributed by atoms with van der Waals surface area (Å²) in [6.45, 7) is 1.59. The van der Waals surface area contributed by atoms with E-state index in [2.05, 4.69) is 21.2 Å². The van der Waals surface area contributed by atoms with Crippen molar-refractivity contribution in [3.8, 4) is 5.75 Å². The van der Waals surface area contributed by atoms with E-state index in [1.807, 2.05) is 0 Å². The number of carbonyl (C=O) groups excluding carboxylic acids is 1. The lowest BCUT2D eigenvalue weighted by Crippen LogP contribution is -2.32. The quantitative estimate of drug-likeness (QED) is 0.746. The van der Waals surface area contributed by atoms with Gasteiger partial charge in [-0.15, -0.1) is 0 Å². The molecule has 0 spiro atoms. The van der Waals surface area contributed by atoms with Crippen LogP contribution in [0, 0.1) is 0 Å². The van der Waals surface area contributed by atoms with Gasteiger partial charge in [-0.05, 0) is 12.1 Å². The van der Waals surface area contributed by atoms with Gasteiger partial charge in [0.1, 0.15) is 11.5 Å². The van der Waals surface area contributed by atoms with E-state index >= 15 is 0 Å². The first-order valence-corrected chi connectivity index (χ1v) is 9.36. The molecule has 1 aromatic carbocycles. The lowest BCUT2D eigenvalue weighted by molar-refractivity contribution is 0.201. The maximum Gasteiger partial charge on any atom is 0.317 e. The van der Waals surface area contributed by atoms with Crippen LogP contribution in [0.25, 0.3) is 0 Å². The molecule has 116 valence electrons. The van der Waals surface area contributed by atoms with Gasteiger partial charge in [-0.3, -0.25) is 0 Å². The Labute approximate surface area is 139 Å². The topological polar surface area (TPSA) is 75.7 Å². The predicted molar refractivity (Wildman–Crippen MR) is 82.7 cm³/mol. The van der Waals surface area contributed by atoms with Crippen LogP contribution in [0.1, 0.15) is 0 Å². The Bertz CT molecular complexity index is 668. The highest BCUT2D eigenvalue weighted by Crippen LogP contribution is 2.37. The van der Waals surface area contributed by atoms with E-state index in [0.717, 1.165) is 0 Å². The molecule has 1 aromatic rings. The molecule has 1 saturated heterocycles. The molecule has 1 N–H and O–H groups in total. The van der Waals surface area contributed by atoms with Crippen LogP contribution in [0.4, 0.5) is 4.79 Å². The molecule has 0 bridgehead atoms. The minimum Gasteiger partial charge on any atom is -0.489 e. The van der Waals surface area contributed by atoms with E-state index in [0.29, 0.717) is 24.1 Å². The summed E-state index contributed by atoms with van der Waals surface area (Å²) >= 11 is 9.14. The van der Waals surface area contributed by atoms with Gasteiger partial charge in [-0.1, -0.05) is 27.5 Å². The first kappa shape index (κ1) is 16.7. The number of ether oxygens (including phenoxy) is 1. The van der Waals surface area contributed by atoms with Crippen LogP contribution in [0.3, 0.4) is 0 Å². The first-order chi connectivity index (χ1) is 9.79. The fraction of sp³-hybridized carbons (Fsp3) is 0.364. The molecule has 0 atom stereocenters. The number of carbonyl (C=O) groups is 1. The Balaban J connectivity index is 2.14. The van der Waals surface area contributed by atoms with Gasteiger partial charge >= 0.3 is 6.03 Å². The van der Waals surface area contributed by atoms with Gasteiger partial charge in [0, 0.05) is 28.2 Å². The average molecular weight is 418 g/mol. The largest absolute Gasteiger partial charge is 0.489 e. The van der Waals surface area contributed by atoms with Crippen LogP contribution < -0.4 is 10.1 Å². The van der Waals surface area contributed by atoms with E-state index in [1.165, 1.54) is 12.1 Å². The molecule has 6 nitrogen and oxygen atoms in total. The van der Waals surface area contributed by atoms with Crippen LogP contribution in [0.5, 0.6) is 5.75 Å². The second kappa shape index (κ2) is 6.60. The number of urea groups is 1. The summed E-state index contributed by atoms with van der Waals surface area (Å²) in [5.41, 5.74) is 0. The number of hydrogen-bond acceptors (Lipinski definition) is 4. The van der Waals surface area contributed by atoms with Crippen molar-refractivity contribution in [2.45, 2.75) is 4.90 Å². The van der Waals surface area contributed by atoms with Crippen LogP contribution in [0.15, 0.2) is 21.5 Å². The number of amides is 2. The number of benzene rings is 1. The van der Waals surface area contributed by atoms with Crippen LogP contribution in [-0.4, -0.2) is 45.6 Å². The van der Waals surface area contributed by atoms with E-state index in [4.69, 9.17) is 27.0 Å². The molecular formula is C11H11BrCl2N2O4S. The minimum atomic E-state index is -4.00. The summed E-state index contributed by atoms with van der Waals surface area (Å²) in [6.07, 6.45) is 0. The molecule has 1 aliphatic rings. The third kappa shape index (κ3) is 4.15. The normalized spacial score (nSPS) is 15.2. The zero-order valence-corrected chi connectivity index (χ0v) is 14.5. The molecule has 0 saturated carbocycles. The van der Waals surface area contributed by atoms with E-state index in [9.17, 15) is 13.2 Å². The van der Waals surface area contributed by atoms with Crippen LogP contribution >= 0.6 is 38.2 Å². The Morgan fingerprint density at radius 3 is 2.71 bits per heavy atom. The van der Waals surface area contributed by atoms with E-state index < -0.39 is 9.05 Å². The van der Waals surface area contributed by atoms with Gasteiger partial charge < -0.3 is 15.0 Å². The lowest BCUT2D eigenvalue weighted by atomic mass is 10.3. The summed E-state index contributed by atoms with van der Waals surface area (Å²) in [7, 11) is 1.38. The van der Waals surface area contributed by atoms with Crippen molar-refractivity contribution >= 4 is 53.3 Å². The maximum absolute atomic E-state index is 11.6. The second-order valence-electron chi connectivity index (χ2n) is 4.22. The van der Waals surface area contributed by atoms with Gasteiger partial charge in [-0.25, -0.2) is 13.2 Å².